The van der Waals surface area contributed by atoms with Crippen molar-refractivity contribution >= 4 is 23.5 Å². The molecule has 7 nitrogen and oxygen atoms in total. The van der Waals surface area contributed by atoms with Crippen molar-refractivity contribution in [3.8, 4) is 5.75 Å². The van der Waals surface area contributed by atoms with Gasteiger partial charge in [-0.1, -0.05) is 17.7 Å². The van der Waals surface area contributed by atoms with E-state index in [4.69, 9.17) is 21.1 Å². The van der Waals surface area contributed by atoms with Gasteiger partial charge in [0.1, 0.15) is 36.4 Å². The molecule has 1 aliphatic heterocycles. The van der Waals surface area contributed by atoms with Gasteiger partial charge < -0.3 is 14.6 Å². The Labute approximate surface area is 267 Å². The van der Waals surface area contributed by atoms with Crippen LogP contribution >= 0.6 is 11.6 Å². The minimum atomic E-state index is -4.71. The lowest BCUT2D eigenvalue weighted by Gasteiger charge is -2.36. The summed E-state index contributed by atoms with van der Waals surface area (Å²) in [6, 6.07) is 2.22. The van der Waals surface area contributed by atoms with E-state index in [1.54, 1.807) is 24.8 Å². The largest absolute Gasteiger partial charge is 0.490 e. The number of nitrogens with zero attached hydrogens (tertiary/aromatic N) is 2. The first-order valence-electron chi connectivity index (χ1n) is 14.7. The second kappa shape index (κ2) is 14.2. The molecule has 0 aromatic heterocycles. The smallest absolute Gasteiger partial charge is 0.416 e. The van der Waals surface area contributed by atoms with Crippen LogP contribution < -0.4 is 4.74 Å². The number of esters is 1. The van der Waals surface area contributed by atoms with Gasteiger partial charge in [-0.3, -0.25) is 14.6 Å². The summed E-state index contributed by atoms with van der Waals surface area (Å²) in [4.78, 5) is 28.3. The quantitative estimate of drug-likeness (QED) is 0.122. The van der Waals surface area contributed by atoms with Crippen LogP contribution in [0.25, 0.3) is 0 Å². The highest BCUT2D eigenvalue weighted by Gasteiger charge is 2.39. The fourth-order valence-electron chi connectivity index (χ4n) is 5.45. The first-order valence-corrected chi connectivity index (χ1v) is 15.0. The molecule has 0 spiro atoms. The molecule has 1 N–H and O–H groups in total. The van der Waals surface area contributed by atoms with E-state index >= 15 is 8.78 Å². The van der Waals surface area contributed by atoms with Crippen molar-refractivity contribution in [3.63, 3.8) is 0 Å². The number of likely N-dealkylation sites (tertiary alicyclic amines) is 1. The minimum Gasteiger partial charge on any atom is -0.490 e. The molecule has 1 saturated carbocycles. The van der Waals surface area contributed by atoms with E-state index in [9.17, 15) is 32.3 Å². The average molecular weight is 677 g/mol. The predicted octanol–water partition coefficient (Wildman–Crippen LogP) is 6.80. The molecule has 2 fully saturated rings. The number of benzene rings is 2. The standard InChI is InChI=1S/C32H35ClF6N2O5/c1-4-18(2)28(30(44)45-3)41(17-42)29(43)23-13-22(19-5-6-19)26(14-25(23)34)46-16-31(36)7-9-40(10-8-31)15-20-11-21(32(37,38)39)12-24(33)27(20)35/h4,11-14,19,28,42H,5-10,15-17H2,1-3H3/b18-4+/t28-/m0/s1. The molecule has 2 aromatic rings. The third-order valence-corrected chi connectivity index (χ3v) is 8.72. The van der Waals surface area contributed by atoms with E-state index in [-0.39, 0.29) is 49.7 Å². The van der Waals surface area contributed by atoms with Crippen molar-refractivity contribution in [1.29, 1.82) is 0 Å². The van der Waals surface area contributed by atoms with Crippen LogP contribution in [0.1, 0.15) is 72.5 Å². The molecule has 1 amide bonds. The second-order valence-corrected chi connectivity index (χ2v) is 12.1. The number of rotatable bonds is 11. The molecular formula is C32H35ClF6N2O5. The zero-order valence-electron chi connectivity index (χ0n) is 25.5. The summed E-state index contributed by atoms with van der Waals surface area (Å²) in [5, 5.41) is 9.34. The molecule has 4 rings (SSSR count). The van der Waals surface area contributed by atoms with Crippen LogP contribution in [0.5, 0.6) is 5.75 Å². The fourth-order valence-corrected chi connectivity index (χ4v) is 5.69. The number of ether oxygens (including phenoxy) is 2. The highest BCUT2D eigenvalue weighted by molar-refractivity contribution is 6.30. The van der Waals surface area contributed by atoms with Crippen molar-refractivity contribution < 1.29 is 50.5 Å². The fraction of sp³-hybridized carbons (Fsp3) is 0.500. The maximum absolute atomic E-state index is 15.8. The molecule has 1 heterocycles. The molecule has 0 radical (unpaired) electrons. The summed E-state index contributed by atoms with van der Waals surface area (Å²) < 4.78 is 95.9. The number of hydrogen-bond acceptors (Lipinski definition) is 6. The lowest BCUT2D eigenvalue weighted by Crippen LogP contribution is -2.47. The van der Waals surface area contributed by atoms with E-state index in [1.165, 1.54) is 6.07 Å². The average Bonchev–Trinajstić information content (AvgIpc) is 3.86. The molecule has 252 valence electrons. The lowest BCUT2D eigenvalue weighted by molar-refractivity contribution is -0.145. The number of alkyl halides is 4. The van der Waals surface area contributed by atoms with Crippen LogP contribution in [-0.2, 0) is 22.3 Å². The molecule has 0 unspecified atom stereocenters. The predicted molar refractivity (Wildman–Crippen MR) is 157 cm³/mol. The Morgan fingerprint density at radius 1 is 1.17 bits per heavy atom. The maximum atomic E-state index is 15.8. The number of hydrogen-bond donors (Lipinski definition) is 1. The summed E-state index contributed by atoms with van der Waals surface area (Å²) in [6.07, 6.45) is -1.84. The van der Waals surface area contributed by atoms with Gasteiger partial charge in [0.25, 0.3) is 5.91 Å². The number of halogens is 7. The van der Waals surface area contributed by atoms with Crippen molar-refractivity contribution in [1.82, 2.24) is 9.80 Å². The highest BCUT2D eigenvalue weighted by Crippen LogP contribution is 2.46. The number of carbonyl (C=O) groups excluding carboxylic acids is 2. The Balaban J connectivity index is 1.47. The topological polar surface area (TPSA) is 79.3 Å². The van der Waals surface area contributed by atoms with Crippen molar-refractivity contribution in [2.75, 3.05) is 33.5 Å². The van der Waals surface area contributed by atoms with Crippen LogP contribution in [0.4, 0.5) is 26.3 Å². The molecule has 46 heavy (non-hydrogen) atoms. The third-order valence-electron chi connectivity index (χ3n) is 8.45. The van der Waals surface area contributed by atoms with E-state index in [1.807, 2.05) is 0 Å². The molecule has 0 bridgehead atoms. The summed E-state index contributed by atoms with van der Waals surface area (Å²) in [6.45, 7) is 1.84. The third kappa shape index (κ3) is 7.98. The second-order valence-electron chi connectivity index (χ2n) is 11.7. The molecular weight excluding hydrogens is 642 g/mol. The molecule has 1 atom stereocenters. The number of allylic oxidation sites excluding steroid dienone is 1. The molecule has 14 heteroatoms. The summed E-state index contributed by atoms with van der Waals surface area (Å²) >= 11 is 5.69. The molecule has 2 aromatic carbocycles. The van der Waals surface area contributed by atoms with Gasteiger partial charge in [0, 0.05) is 31.3 Å². The Morgan fingerprint density at radius 3 is 2.37 bits per heavy atom. The number of piperidine rings is 1. The van der Waals surface area contributed by atoms with E-state index in [0.29, 0.717) is 23.3 Å². The van der Waals surface area contributed by atoms with Crippen LogP contribution in [0, 0.1) is 11.6 Å². The zero-order valence-corrected chi connectivity index (χ0v) is 26.3. The maximum Gasteiger partial charge on any atom is 0.416 e. The van der Waals surface area contributed by atoms with Gasteiger partial charge in [0.15, 0.2) is 6.04 Å². The van der Waals surface area contributed by atoms with Gasteiger partial charge in [-0.2, -0.15) is 13.2 Å². The van der Waals surface area contributed by atoms with E-state index < -0.39 is 70.9 Å². The summed E-state index contributed by atoms with van der Waals surface area (Å²) in [5.41, 5.74) is -2.70. The van der Waals surface area contributed by atoms with Crippen LogP contribution in [0.3, 0.4) is 0 Å². The summed E-state index contributed by atoms with van der Waals surface area (Å²) in [5.74, 6) is -3.73. The number of amides is 1. The van der Waals surface area contributed by atoms with Gasteiger partial charge in [0.2, 0.25) is 0 Å². The monoisotopic (exact) mass is 676 g/mol. The Bertz CT molecular complexity index is 1490. The van der Waals surface area contributed by atoms with Crippen LogP contribution in [0.15, 0.2) is 35.9 Å². The molecule has 1 aliphatic carbocycles. The molecule has 2 aliphatic rings. The first-order chi connectivity index (χ1) is 21.6. The van der Waals surface area contributed by atoms with Crippen LogP contribution in [-0.4, -0.2) is 72.0 Å². The highest BCUT2D eigenvalue weighted by atomic mass is 35.5. The zero-order chi connectivity index (χ0) is 34.0. The van der Waals surface area contributed by atoms with Gasteiger partial charge in [0.05, 0.1) is 23.3 Å². The number of carbonyl (C=O) groups is 2. The van der Waals surface area contributed by atoms with Gasteiger partial charge in [-0.25, -0.2) is 18.0 Å². The Kier molecular flexibility index (Phi) is 11.0. The lowest BCUT2D eigenvalue weighted by atomic mass is 9.93. The Morgan fingerprint density at radius 2 is 1.83 bits per heavy atom. The normalized spacial score (nSPS) is 17.8. The van der Waals surface area contributed by atoms with Gasteiger partial charge >= 0.3 is 12.1 Å². The molecule has 1 saturated heterocycles. The van der Waals surface area contributed by atoms with E-state index in [0.717, 1.165) is 30.9 Å². The van der Waals surface area contributed by atoms with Crippen LogP contribution in [0.2, 0.25) is 5.02 Å². The number of aliphatic hydroxyl groups excluding tert-OH is 1. The van der Waals surface area contributed by atoms with Crippen molar-refractivity contribution in [2.24, 2.45) is 0 Å². The van der Waals surface area contributed by atoms with Crippen molar-refractivity contribution in [3.05, 3.63) is 74.8 Å². The van der Waals surface area contributed by atoms with Gasteiger partial charge in [-0.15, -0.1) is 0 Å². The number of aliphatic hydroxyl groups is 1. The van der Waals surface area contributed by atoms with Gasteiger partial charge in [-0.05, 0) is 74.8 Å². The van der Waals surface area contributed by atoms with Crippen molar-refractivity contribution in [2.45, 2.75) is 69.9 Å². The minimum absolute atomic E-state index is 0.0568. The SMILES string of the molecule is C/C=C(\C)[C@@H](C(=O)OC)N(CO)C(=O)c1cc(C2CC2)c(OCC2(F)CCN(Cc3cc(C(F)(F)F)cc(Cl)c3F)CC2)cc1F. The number of methoxy groups -OCH3 is 1. The Hall–Kier alpha value is -3.29. The van der Waals surface area contributed by atoms with E-state index in [2.05, 4.69) is 0 Å². The first kappa shape index (κ1) is 35.6. The summed E-state index contributed by atoms with van der Waals surface area (Å²) in [7, 11) is 1.13.